The number of nitrogens with zero attached hydrogens (tertiary/aromatic N) is 1. The Morgan fingerprint density at radius 3 is 2.67 bits per heavy atom. The summed E-state index contributed by atoms with van der Waals surface area (Å²) in [7, 11) is 0. The molecule has 0 aliphatic rings. The predicted octanol–water partition coefficient (Wildman–Crippen LogP) is 0.433. The third kappa shape index (κ3) is 2.29. The van der Waals surface area contributed by atoms with E-state index in [-0.39, 0.29) is 11.4 Å². The van der Waals surface area contributed by atoms with E-state index in [1.165, 1.54) is 30.3 Å². The molecule has 1 heterocycles. The van der Waals surface area contributed by atoms with E-state index in [2.05, 4.69) is 15.5 Å². The lowest BCUT2D eigenvalue weighted by atomic mass is 10.1. The number of benzene rings is 1. The van der Waals surface area contributed by atoms with Crippen LogP contribution in [0.2, 0.25) is 0 Å². The highest BCUT2D eigenvalue weighted by Crippen LogP contribution is 2.28. The van der Waals surface area contributed by atoms with Crippen molar-refractivity contribution in [1.82, 2.24) is 10.2 Å². The number of phenols is 2. The fraction of sp³-hybridized carbons (Fsp3) is 0. The molecule has 1 amide bonds. The van der Waals surface area contributed by atoms with Gasteiger partial charge in [0.15, 0.2) is 17.3 Å². The second kappa shape index (κ2) is 4.58. The van der Waals surface area contributed by atoms with E-state index >= 15 is 0 Å². The lowest BCUT2D eigenvalue weighted by Gasteiger charge is -2.06. The van der Waals surface area contributed by atoms with Gasteiger partial charge in [0.2, 0.25) is 0 Å². The zero-order valence-electron chi connectivity index (χ0n) is 9.04. The quantitative estimate of drug-likeness (QED) is 0.574. The number of aromatic amines is 1. The maximum absolute atomic E-state index is 11.8. The average molecular weight is 247 g/mol. The van der Waals surface area contributed by atoms with Crippen LogP contribution in [0.15, 0.2) is 35.1 Å². The maximum Gasteiger partial charge on any atom is 0.264 e. The molecule has 0 radical (unpaired) electrons. The number of aromatic nitrogens is 2. The van der Waals surface area contributed by atoms with Gasteiger partial charge in [-0.05, 0) is 18.2 Å². The number of H-pyrrole nitrogens is 1. The Morgan fingerprint density at radius 2 is 2.00 bits per heavy atom. The van der Waals surface area contributed by atoms with Crippen LogP contribution in [0, 0.1) is 0 Å². The van der Waals surface area contributed by atoms with Gasteiger partial charge in [-0.1, -0.05) is 6.07 Å². The van der Waals surface area contributed by atoms with E-state index in [1.807, 2.05) is 0 Å². The number of carbonyl (C=O) groups excluding carboxylic acids is 1. The normalized spacial score (nSPS) is 10.0. The van der Waals surface area contributed by atoms with Gasteiger partial charge < -0.3 is 15.5 Å². The lowest BCUT2D eigenvalue weighted by Crippen LogP contribution is -2.15. The third-order valence-corrected chi connectivity index (χ3v) is 2.18. The predicted molar refractivity (Wildman–Crippen MR) is 62.6 cm³/mol. The van der Waals surface area contributed by atoms with Crippen molar-refractivity contribution < 1.29 is 15.0 Å². The zero-order chi connectivity index (χ0) is 13.1. The molecule has 7 nitrogen and oxygen atoms in total. The number of phenolic OH excluding ortho intramolecular Hbond substituents is 2. The molecule has 2 rings (SSSR count). The molecule has 0 aliphatic carbocycles. The number of carbonyl (C=O) groups is 1. The molecule has 1 aromatic heterocycles. The van der Waals surface area contributed by atoms with Crippen LogP contribution in [0.5, 0.6) is 11.5 Å². The molecule has 0 saturated carbocycles. The summed E-state index contributed by atoms with van der Waals surface area (Å²) in [6.07, 6.45) is 0. The molecule has 1 aromatic carbocycles. The number of anilines is 1. The molecule has 2 aromatic rings. The molecule has 0 unspecified atom stereocenters. The van der Waals surface area contributed by atoms with Gasteiger partial charge in [0.25, 0.3) is 11.5 Å². The van der Waals surface area contributed by atoms with Crippen LogP contribution in [0.4, 0.5) is 5.82 Å². The maximum atomic E-state index is 11.8. The zero-order valence-corrected chi connectivity index (χ0v) is 9.04. The highest BCUT2D eigenvalue weighted by molar-refractivity contribution is 6.06. The fourth-order valence-electron chi connectivity index (χ4n) is 1.31. The summed E-state index contributed by atoms with van der Waals surface area (Å²) in [4.78, 5) is 22.5. The third-order valence-electron chi connectivity index (χ3n) is 2.18. The first kappa shape index (κ1) is 11.6. The van der Waals surface area contributed by atoms with Gasteiger partial charge >= 0.3 is 0 Å². The van der Waals surface area contributed by atoms with Crippen LogP contribution >= 0.6 is 0 Å². The molecule has 18 heavy (non-hydrogen) atoms. The van der Waals surface area contributed by atoms with Gasteiger partial charge in [-0.3, -0.25) is 9.59 Å². The van der Waals surface area contributed by atoms with Crippen LogP contribution in [0.1, 0.15) is 10.4 Å². The van der Waals surface area contributed by atoms with Crippen molar-refractivity contribution in [3.8, 4) is 11.5 Å². The van der Waals surface area contributed by atoms with E-state index in [9.17, 15) is 19.8 Å². The van der Waals surface area contributed by atoms with Crippen molar-refractivity contribution >= 4 is 11.7 Å². The first-order chi connectivity index (χ1) is 8.58. The number of hydrogen-bond acceptors (Lipinski definition) is 5. The van der Waals surface area contributed by atoms with Crippen LogP contribution < -0.4 is 10.9 Å². The van der Waals surface area contributed by atoms with Crippen molar-refractivity contribution in [2.75, 3.05) is 5.32 Å². The Hall–Kier alpha value is -2.83. The average Bonchev–Trinajstić information content (AvgIpc) is 2.35. The van der Waals surface area contributed by atoms with Crippen molar-refractivity contribution in [1.29, 1.82) is 0 Å². The van der Waals surface area contributed by atoms with Gasteiger partial charge in [-0.15, -0.1) is 0 Å². The molecule has 0 fully saturated rings. The summed E-state index contributed by atoms with van der Waals surface area (Å²) in [5, 5.41) is 26.9. The van der Waals surface area contributed by atoms with Crippen molar-refractivity contribution in [2.24, 2.45) is 0 Å². The smallest absolute Gasteiger partial charge is 0.264 e. The standard InChI is InChI=1S/C11H9N3O4/c15-7-3-1-2-6(10(7)17)11(18)12-8-4-5-9(16)14-13-8/h1-5,15,17H,(H,14,16)(H,12,13,18). The van der Waals surface area contributed by atoms with Crippen LogP contribution in [0.25, 0.3) is 0 Å². The molecule has 92 valence electrons. The molecule has 0 saturated heterocycles. The number of amides is 1. The molecule has 0 spiro atoms. The highest BCUT2D eigenvalue weighted by atomic mass is 16.3. The Kier molecular flexibility index (Phi) is 2.96. The Morgan fingerprint density at radius 1 is 1.22 bits per heavy atom. The number of para-hydroxylation sites is 1. The van der Waals surface area contributed by atoms with Crippen molar-refractivity contribution in [3.63, 3.8) is 0 Å². The second-order valence-electron chi connectivity index (χ2n) is 3.43. The summed E-state index contributed by atoms with van der Waals surface area (Å²) in [5.74, 6) is -1.43. The van der Waals surface area contributed by atoms with Crippen LogP contribution in [-0.2, 0) is 0 Å². The summed E-state index contributed by atoms with van der Waals surface area (Å²) < 4.78 is 0. The molecule has 0 bridgehead atoms. The minimum absolute atomic E-state index is 0.0944. The molecule has 0 aliphatic heterocycles. The molecule has 0 atom stereocenters. The highest BCUT2D eigenvalue weighted by Gasteiger charge is 2.14. The largest absolute Gasteiger partial charge is 0.504 e. The van der Waals surface area contributed by atoms with Gasteiger partial charge in [0.05, 0.1) is 5.56 Å². The van der Waals surface area contributed by atoms with E-state index in [1.54, 1.807) is 0 Å². The first-order valence-corrected chi connectivity index (χ1v) is 4.96. The van der Waals surface area contributed by atoms with Gasteiger partial charge in [-0.2, -0.15) is 5.10 Å². The lowest BCUT2D eigenvalue weighted by molar-refractivity contribution is 0.102. The second-order valence-corrected chi connectivity index (χ2v) is 3.43. The number of rotatable bonds is 2. The van der Waals surface area contributed by atoms with Gasteiger partial charge in [-0.25, -0.2) is 5.10 Å². The van der Waals surface area contributed by atoms with Gasteiger partial charge in [0, 0.05) is 6.07 Å². The van der Waals surface area contributed by atoms with Crippen molar-refractivity contribution in [2.45, 2.75) is 0 Å². The Balaban J connectivity index is 2.24. The molecular weight excluding hydrogens is 238 g/mol. The molecular formula is C11H9N3O4. The minimum Gasteiger partial charge on any atom is -0.504 e. The summed E-state index contributed by atoms with van der Waals surface area (Å²) in [6.45, 7) is 0. The summed E-state index contributed by atoms with van der Waals surface area (Å²) in [6, 6.07) is 6.53. The van der Waals surface area contributed by atoms with E-state index in [4.69, 9.17) is 0 Å². The molecule has 7 heteroatoms. The number of nitrogens with one attached hydrogen (secondary N) is 2. The Bertz CT molecular complexity index is 630. The topological polar surface area (TPSA) is 115 Å². The van der Waals surface area contributed by atoms with Crippen LogP contribution in [-0.4, -0.2) is 26.3 Å². The van der Waals surface area contributed by atoms with E-state index in [0.29, 0.717) is 0 Å². The van der Waals surface area contributed by atoms with Crippen LogP contribution in [0.3, 0.4) is 0 Å². The number of hydrogen-bond donors (Lipinski definition) is 4. The van der Waals surface area contributed by atoms with Crippen molar-refractivity contribution in [3.05, 3.63) is 46.2 Å². The van der Waals surface area contributed by atoms with E-state index < -0.39 is 23.0 Å². The first-order valence-electron chi connectivity index (χ1n) is 4.96. The number of aromatic hydroxyl groups is 2. The minimum atomic E-state index is -0.650. The van der Waals surface area contributed by atoms with E-state index in [0.717, 1.165) is 0 Å². The summed E-state index contributed by atoms with van der Waals surface area (Å²) in [5.41, 5.74) is -0.490. The Labute approximate surface area is 101 Å². The fourth-order valence-corrected chi connectivity index (χ4v) is 1.31. The monoisotopic (exact) mass is 247 g/mol. The SMILES string of the molecule is O=C(Nc1ccc(=O)[nH]n1)c1cccc(O)c1O. The van der Waals surface area contributed by atoms with Gasteiger partial charge in [0.1, 0.15) is 0 Å². The molecule has 4 N–H and O–H groups in total. The summed E-state index contributed by atoms with van der Waals surface area (Å²) >= 11 is 0.